The van der Waals surface area contributed by atoms with E-state index < -0.39 is 20.6 Å². The van der Waals surface area contributed by atoms with E-state index in [9.17, 15) is 13.2 Å². The number of halogens is 1. The highest BCUT2D eigenvalue weighted by atomic mass is 35.5. The fourth-order valence-corrected chi connectivity index (χ4v) is 2.72. The molecule has 0 aromatic heterocycles. The summed E-state index contributed by atoms with van der Waals surface area (Å²) in [5.74, 6) is -0.456. The second kappa shape index (κ2) is 8.63. The molecule has 1 amide bonds. The Kier molecular flexibility index (Phi) is 8.20. The zero-order chi connectivity index (χ0) is 17.0. The van der Waals surface area contributed by atoms with Gasteiger partial charge in [-0.1, -0.05) is 12.1 Å². The number of rotatable bonds is 6. The topological polar surface area (TPSA) is 98.5 Å². The van der Waals surface area contributed by atoms with Gasteiger partial charge in [0.05, 0.1) is 17.1 Å². The zero-order valence-corrected chi connectivity index (χ0v) is 15.5. The van der Waals surface area contributed by atoms with Crippen molar-refractivity contribution in [3.05, 3.63) is 29.8 Å². The fourth-order valence-electron chi connectivity index (χ4n) is 1.66. The molecule has 0 heterocycles. The van der Waals surface area contributed by atoms with E-state index in [1.807, 2.05) is 0 Å². The molecule has 3 N–H and O–H groups in total. The van der Waals surface area contributed by atoms with E-state index >= 15 is 0 Å². The SMILES string of the molecule is COCC(N)C(=O)Nc1cccc(CS(=O)(=O)C(C)(C)C)c1.Cl. The summed E-state index contributed by atoms with van der Waals surface area (Å²) in [6.07, 6.45) is 0. The second-order valence-electron chi connectivity index (χ2n) is 6.12. The minimum absolute atomic E-state index is 0. The maximum Gasteiger partial charge on any atom is 0.243 e. The van der Waals surface area contributed by atoms with E-state index in [-0.39, 0.29) is 30.7 Å². The van der Waals surface area contributed by atoms with Crippen LogP contribution in [0.5, 0.6) is 0 Å². The molecule has 8 heteroatoms. The van der Waals surface area contributed by atoms with Crippen molar-refractivity contribution in [2.75, 3.05) is 19.0 Å². The van der Waals surface area contributed by atoms with Crippen LogP contribution in [0.4, 0.5) is 5.69 Å². The maximum absolute atomic E-state index is 12.2. The summed E-state index contributed by atoms with van der Waals surface area (Å²) in [7, 11) is -1.81. The Bertz CT molecular complexity index is 627. The Morgan fingerprint density at radius 1 is 1.35 bits per heavy atom. The summed E-state index contributed by atoms with van der Waals surface area (Å²) in [5.41, 5.74) is 6.77. The molecule has 0 fully saturated rings. The monoisotopic (exact) mass is 364 g/mol. The highest BCUT2D eigenvalue weighted by Crippen LogP contribution is 2.22. The smallest absolute Gasteiger partial charge is 0.243 e. The molecule has 1 aromatic carbocycles. The minimum atomic E-state index is -3.28. The Hall–Kier alpha value is -1.15. The average molecular weight is 365 g/mol. The van der Waals surface area contributed by atoms with Crippen molar-refractivity contribution in [1.29, 1.82) is 0 Å². The largest absolute Gasteiger partial charge is 0.383 e. The van der Waals surface area contributed by atoms with Crippen LogP contribution in [0.15, 0.2) is 24.3 Å². The molecule has 1 atom stereocenters. The van der Waals surface area contributed by atoms with Crippen LogP contribution in [0.2, 0.25) is 0 Å². The first kappa shape index (κ1) is 21.9. The van der Waals surface area contributed by atoms with Crippen LogP contribution in [0.3, 0.4) is 0 Å². The number of nitrogens with two attached hydrogens (primary N) is 1. The summed E-state index contributed by atoms with van der Waals surface area (Å²) < 4.78 is 28.4. The van der Waals surface area contributed by atoms with Crippen molar-refractivity contribution in [3.8, 4) is 0 Å². The minimum Gasteiger partial charge on any atom is -0.383 e. The third-order valence-electron chi connectivity index (χ3n) is 3.17. The van der Waals surface area contributed by atoms with Crippen LogP contribution in [0.25, 0.3) is 0 Å². The van der Waals surface area contributed by atoms with Gasteiger partial charge in [-0.25, -0.2) is 8.42 Å². The number of nitrogens with one attached hydrogen (secondary N) is 1. The molecule has 0 spiro atoms. The number of carbonyl (C=O) groups is 1. The number of ether oxygens (including phenoxy) is 1. The first-order valence-corrected chi connectivity index (χ1v) is 8.58. The van der Waals surface area contributed by atoms with Gasteiger partial charge in [0, 0.05) is 12.8 Å². The van der Waals surface area contributed by atoms with Crippen LogP contribution in [0, 0.1) is 0 Å². The van der Waals surface area contributed by atoms with Crippen molar-refractivity contribution in [3.63, 3.8) is 0 Å². The number of anilines is 1. The van der Waals surface area contributed by atoms with Gasteiger partial charge >= 0.3 is 0 Å². The lowest BCUT2D eigenvalue weighted by Crippen LogP contribution is -2.39. The molecule has 0 saturated carbocycles. The number of methoxy groups -OCH3 is 1. The summed E-state index contributed by atoms with van der Waals surface area (Å²) in [6.45, 7) is 5.11. The molecule has 1 rings (SSSR count). The molecule has 0 bridgehead atoms. The number of carbonyl (C=O) groups excluding carboxylic acids is 1. The molecule has 1 unspecified atom stereocenters. The van der Waals surface area contributed by atoms with Gasteiger partial charge in [-0.3, -0.25) is 4.79 Å². The van der Waals surface area contributed by atoms with Gasteiger partial charge in [-0.15, -0.1) is 12.4 Å². The average Bonchev–Trinajstić information content (AvgIpc) is 2.37. The molecule has 0 radical (unpaired) electrons. The molecule has 6 nitrogen and oxygen atoms in total. The van der Waals surface area contributed by atoms with Gasteiger partial charge in [-0.2, -0.15) is 0 Å². The van der Waals surface area contributed by atoms with E-state index in [0.717, 1.165) is 0 Å². The predicted octanol–water partition coefficient (Wildman–Crippen LogP) is 1.73. The van der Waals surface area contributed by atoms with Crippen molar-refractivity contribution >= 4 is 33.8 Å². The lowest BCUT2D eigenvalue weighted by molar-refractivity contribution is -0.118. The zero-order valence-electron chi connectivity index (χ0n) is 13.8. The lowest BCUT2D eigenvalue weighted by Gasteiger charge is -2.19. The molecule has 0 saturated heterocycles. The Labute approximate surface area is 144 Å². The van der Waals surface area contributed by atoms with Crippen LogP contribution in [-0.4, -0.2) is 38.8 Å². The second-order valence-corrected chi connectivity index (χ2v) is 8.87. The van der Waals surface area contributed by atoms with E-state index in [1.54, 1.807) is 45.0 Å². The number of amides is 1. The molecule has 0 aliphatic rings. The third kappa shape index (κ3) is 6.47. The molecule has 0 aliphatic heterocycles. The van der Waals surface area contributed by atoms with Gasteiger partial charge in [0.1, 0.15) is 6.04 Å². The summed E-state index contributed by atoms with van der Waals surface area (Å²) in [5, 5.41) is 2.65. The highest BCUT2D eigenvalue weighted by Gasteiger charge is 2.29. The van der Waals surface area contributed by atoms with Crippen molar-refractivity contribution in [1.82, 2.24) is 0 Å². The summed E-state index contributed by atoms with van der Waals surface area (Å²) in [4.78, 5) is 11.8. The number of benzene rings is 1. The van der Waals surface area contributed by atoms with Gasteiger partial charge in [0.2, 0.25) is 5.91 Å². The van der Waals surface area contributed by atoms with Gasteiger partial charge in [0.15, 0.2) is 9.84 Å². The standard InChI is InChI=1S/C15H24N2O4S.ClH/c1-15(2,3)22(19,20)10-11-6-5-7-12(8-11)17-14(18)13(16)9-21-4;/h5-8,13H,9-10,16H2,1-4H3,(H,17,18);1H. The maximum atomic E-state index is 12.2. The molecule has 132 valence electrons. The normalized spacial score (nSPS) is 13.1. The van der Waals surface area contributed by atoms with Crippen LogP contribution < -0.4 is 11.1 Å². The van der Waals surface area contributed by atoms with Crippen molar-refractivity contribution < 1.29 is 17.9 Å². The van der Waals surface area contributed by atoms with E-state index in [4.69, 9.17) is 10.5 Å². The molecular formula is C15H25ClN2O4S. The van der Waals surface area contributed by atoms with Crippen LogP contribution >= 0.6 is 12.4 Å². The Morgan fingerprint density at radius 3 is 2.48 bits per heavy atom. The van der Waals surface area contributed by atoms with Gasteiger partial charge in [-0.05, 0) is 38.5 Å². The molecule has 0 aliphatic carbocycles. The Balaban J connectivity index is 0.00000484. The van der Waals surface area contributed by atoms with Crippen molar-refractivity contribution in [2.24, 2.45) is 5.73 Å². The van der Waals surface area contributed by atoms with Crippen molar-refractivity contribution in [2.45, 2.75) is 37.3 Å². The highest BCUT2D eigenvalue weighted by molar-refractivity contribution is 7.91. The van der Waals surface area contributed by atoms with Gasteiger partial charge < -0.3 is 15.8 Å². The van der Waals surface area contributed by atoms with Crippen LogP contribution in [0.1, 0.15) is 26.3 Å². The molecule has 23 heavy (non-hydrogen) atoms. The molecule has 1 aromatic rings. The van der Waals surface area contributed by atoms with E-state index in [0.29, 0.717) is 11.3 Å². The van der Waals surface area contributed by atoms with Gasteiger partial charge in [0.25, 0.3) is 0 Å². The predicted molar refractivity (Wildman–Crippen MR) is 94.5 cm³/mol. The first-order valence-electron chi connectivity index (χ1n) is 6.93. The number of hydrogen-bond donors (Lipinski definition) is 2. The molecular weight excluding hydrogens is 340 g/mol. The lowest BCUT2D eigenvalue weighted by atomic mass is 10.2. The first-order chi connectivity index (χ1) is 10.1. The summed E-state index contributed by atoms with van der Waals surface area (Å²) >= 11 is 0. The third-order valence-corrected chi connectivity index (χ3v) is 5.75. The fraction of sp³-hybridized carbons (Fsp3) is 0.533. The number of hydrogen-bond acceptors (Lipinski definition) is 5. The van der Waals surface area contributed by atoms with Crippen LogP contribution in [-0.2, 0) is 25.1 Å². The Morgan fingerprint density at radius 2 is 1.96 bits per heavy atom. The van der Waals surface area contributed by atoms with E-state index in [2.05, 4.69) is 5.32 Å². The quantitative estimate of drug-likeness (QED) is 0.801. The summed E-state index contributed by atoms with van der Waals surface area (Å²) in [6, 6.07) is 5.97. The number of sulfone groups is 1. The van der Waals surface area contributed by atoms with E-state index in [1.165, 1.54) is 7.11 Å².